The van der Waals surface area contributed by atoms with E-state index < -0.39 is 5.91 Å². The van der Waals surface area contributed by atoms with Crippen LogP contribution in [0.2, 0.25) is 0 Å². The van der Waals surface area contributed by atoms with Crippen LogP contribution in [0.15, 0.2) is 61.2 Å². The van der Waals surface area contributed by atoms with Gasteiger partial charge in [0.05, 0.1) is 17.0 Å². The molecule has 0 spiro atoms. The van der Waals surface area contributed by atoms with E-state index in [0.29, 0.717) is 28.1 Å². The predicted octanol–water partition coefficient (Wildman–Crippen LogP) is 4.32. The molecule has 0 saturated carbocycles. The second kappa shape index (κ2) is 9.25. The first-order valence-corrected chi connectivity index (χ1v) is 8.41. The summed E-state index contributed by atoms with van der Waals surface area (Å²) in [6.07, 6.45) is 7.41. The molecule has 1 amide bonds. The van der Waals surface area contributed by atoms with Crippen molar-refractivity contribution in [2.75, 3.05) is 0 Å². The number of benzene rings is 1. The third-order valence-electron chi connectivity index (χ3n) is 3.95. The Morgan fingerprint density at radius 2 is 2.15 bits per heavy atom. The Kier molecular flexibility index (Phi) is 6.79. The molecule has 0 aliphatic rings. The molecule has 2 aromatic rings. The highest BCUT2D eigenvalue weighted by Crippen LogP contribution is 2.28. The quantitative estimate of drug-likeness (QED) is 0.746. The standard InChI is InChI=1S/C22H20FN3O/c1-3-4-5-7-15(2)18-13-21(16-8-6-9-17(23)12-16)26-20(19(18)14-24)10-11-22(25)27/h3-9,12-13H,1,10-11H2,2H3,(H2,25,27)/b5-4-,15-7+. The number of nitriles is 1. The summed E-state index contributed by atoms with van der Waals surface area (Å²) in [5.41, 5.74) is 8.75. The zero-order valence-corrected chi connectivity index (χ0v) is 15.1. The van der Waals surface area contributed by atoms with Crippen LogP contribution in [0.1, 0.15) is 30.2 Å². The summed E-state index contributed by atoms with van der Waals surface area (Å²) < 4.78 is 13.6. The van der Waals surface area contributed by atoms with E-state index in [1.165, 1.54) is 12.1 Å². The molecule has 0 aliphatic carbocycles. The van der Waals surface area contributed by atoms with Crippen molar-refractivity contribution < 1.29 is 9.18 Å². The molecule has 27 heavy (non-hydrogen) atoms. The van der Waals surface area contributed by atoms with E-state index in [0.717, 1.165) is 5.57 Å². The van der Waals surface area contributed by atoms with Crippen LogP contribution in [0, 0.1) is 17.1 Å². The maximum absolute atomic E-state index is 13.6. The average Bonchev–Trinajstić information content (AvgIpc) is 2.65. The van der Waals surface area contributed by atoms with Gasteiger partial charge in [-0.05, 0) is 42.7 Å². The number of aryl methyl sites for hydroxylation is 1. The van der Waals surface area contributed by atoms with Gasteiger partial charge < -0.3 is 5.73 Å². The van der Waals surface area contributed by atoms with Gasteiger partial charge in [-0.25, -0.2) is 4.39 Å². The first-order chi connectivity index (χ1) is 13.0. The fourth-order valence-electron chi connectivity index (χ4n) is 2.62. The Morgan fingerprint density at radius 1 is 1.37 bits per heavy atom. The molecule has 0 atom stereocenters. The molecule has 0 fully saturated rings. The highest BCUT2D eigenvalue weighted by Gasteiger charge is 2.15. The van der Waals surface area contributed by atoms with Gasteiger partial charge in [0, 0.05) is 12.0 Å². The Morgan fingerprint density at radius 3 is 2.78 bits per heavy atom. The number of rotatable bonds is 7. The number of nitrogens with zero attached hydrogens (tertiary/aromatic N) is 2. The number of carbonyl (C=O) groups excluding carboxylic acids is 1. The number of aromatic nitrogens is 1. The van der Waals surface area contributed by atoms with Crippen LogP contribution >= 0.6 is 0 Å². The number of carbonyl (C=O) groups is 1. The van der Waals surface area contributed by atoms with E-state index >= 15 is 0 Å². The summed E-state index contributed by atoms with van der Waals surface area (Å²) in [5.74, 6) is -0.848. The van der Waals surface area contributed by atoms with Crippen LogP contribution in [-0.2, 0) is 11.2 Å². The van der Waals surface area contributed by atoms with E-state index in [9.17, 15) is 14.4 Å². The van der Waals surface area contributed by atoms with Gasteiger partial charge in [0.25, 0.3) is 0 Å². The Bertz CT molecular complexity index is 968. The van der Waals surface area contributed by atoms with Gasteiger partial charge in [0.15, 0.2) is 0 Å². The molecule has 1 aromatic heterocycles. The topological polar surface area (TPSA) is 79.8 Å². The lowest BCUT2D eigenvalue weighted by Crippen LogP contribution is -2.13. The van der Waals surface area contributed by atoms with E-state index in [1.807, 2.05) is 19.1 Å². The van der Waals surface area contributed by atoms with Crippen molar-refractivity contribution >= 4 is 11.5 Å². The largest absolute Gasteiger partial charge is 0.370 e. The minimum absolute atomic E-state index is 0.0762. The van der Waals surface area contributed by atoms with Gasteiger partial charge in [-0.1, -0.05) is 43.0 Å². The molecular weight excluding hydrogens is 341 g/mol. The molecule has 1 aromatic carbocycles. The molecule has 2 N–H and O–H groups in total. The van der Waals surface area contributed by atoms with Gasteiger partial charge >= 0.3 is 0 Å². The number of nitrogens with two attached hydrogens (primary N) is 1. The van der Waals surface area contributed by atoms with Crippen LogP contribution in [0.3, 0.4) is 0 Å². The zero-order valence-electron chi connectivity index (χ0n) is 15.1. The molecule has 4 nitrogen and oxygen atoms in total. The maximum Gasteiger partial charge on any atom is 0.217 e. The summed E-state index contributed by atoms with van der Waals surface area (Å²) in [5, 5.41) is 9.66. The van der Waals surface area contributed by atoms with E-state index in [1.54, 1.807) is 30.4 Å². The lowest BCUT2D eigenvalue weighted by Gasteiger charge is -2.13. The Hall–Kier alpha value is -3.52. The van der Waals surface area contributed by atoms with Crippen LogP contribution in [0.4, 0.5) is 4.39 Å². The second-order valence-corrected chi connectivity index (χ2v) is 5.94. The van der Waals surface area contributed by atoms with Crippen molar-refractivity contribution in [3.63, 3.8) is 0 Å². The predicted molar refractivity (Wildman–Crippen MR) is 105 cm³/mol. The monoisotopic (exact) mass is 361 g/mol. The van der Waals surface area contributed by atoms with Crippen LogP contribution in [0.5, 0.6) is 0 Å². The molecule has 0 radical (unpaired) electrons. The van der Waals surface area contributed by atoms with Gasteiger partial charge in [-0.15, -0.1) is 0 Å². The van der Waals surface area contributed by atoms with Gasteiger partial charge in [-0.3, -0.25) is 9.78 Å². The van der Waals surface area contributed by atoms with Gasteiger partial charge in [-0.2, -0.15) is 5.26 Å². The summed E-state index contributed by atoms with van der Waals surface area (Å²) in [6.45, 7) is 5.50. The maximum atomic E-state index is 13.6. The summed E-state index contributed by atoms with van der Waals surface area (Å²) >= 11 is 0. The number of amides is 1. The molecular formula is C22H20FN3O. The van der Waals surface area contributed by atoms with Crippen molar-refractivity contribution in [3.8, 4) is 17.3 Å². The summed E-state index contributed by atoms with van der Waals surface area (Å²) in [7, 11) is 0. The van der Waals surface area contributed by atoms with Crippen molar-refractivity contribution in [1.29, 1.82) is 5.26 Å². The highest BCUT2D eigenvalue weighted by atomic mass is 19.1. The fourth-order valence-corrected chi connectivity index (χ4v) is 2.62. The van der Waals surface area contributed by atoms with E-state index in [2.05, 4.69) is 17.6 Å². The lowest BCUT2D eigenvalue weighted by molar-refractivity contribution is -0.118. The first-order valence-electron chi connectivity index (χ1n) is 8.41. The minimum atomic E-state index is -0.473. The number of halogens is 1. The number of pyridine rings is 1. The normalized spacial score (nSPS) is 11.4. The van der Waals surface area contributed by atoms with Crippen LogP contribution < -0.4 is 5.73 Å². The number of hydrogen-bond donors (Lipinski definition) is 1. The summed E-state index contributed by atoms with van der Waals surface area (Å²) in [4.78, 5) is 15.7. The number of primary amides is 1. The minimum Gasteiger partial charge on any atom is -0.370 e. The smallest absolute Gasteiger partial charge is 0.217 e. The number of hydrogen-bond acceptors (Lipinski definition) is 3. The van der Waals surface area contributed by atoms with E-state index in [-0.39, 0.29) is 18.7 Å². The zero-order chi connectivity index (χ0) is 19.8. The van der Waals surface area contributed by atoms with Crippen molar-refractivity contribution in [2.24, 2.45) is 5.73 Å². The molecule has 1 heterocycles. The SMILES string of the molecule is C=C/C=C\C=C(/C)c1cc(-c2cccc(F)c2)nc(CCC(N)=O)c1C#N. The second-order valence-electron chi connectivity index (χ2n) is 5.94. The molecule has 0 unspecified atom stereocenters. The first kappa shape index (κ1) is 19.8. The molecule has 2 rings (SSSR count). The Balaban J connectivity index is 2.66. The fraction of sp³-hybridized carbons (Fsp3) is 0.136. The van der Waals surface area contributed by atoms with Crippen molar-refractivity contribution in [2.45, 2.75) is 19.8 Å². The molecule has 0 aliphatic heterocycles. The van der Waals surface area contributed by atoms with Crippen molar-refractivity contribution in [1.82, 2.24) is 4.98 Å². The van der Waals surface area contributed by atoms with Crippen LogP contribution in [0.25, 0.3) is 16.8 Å². The lowest BCUT2D eigenvalue weighted by atomic mass is 9.95. The van der Waals surface area contributed by atoms with Crippen molar-refractivity contribution in [3.05, 3.63) is 83.9 Å². The number of allylic oxidation sites excluding steroid dienone is 5. The summed E-state index contributed by atoms with van der Waals surface area (Å²) in [6, 6.07) is 10.0. The third kappa shape index (κ3) is 5.23. The highest BCUT2D eigenvalue weighted by molar-refractivity contribution is 5.77. The average molecular weight is 361 g/mol. The molecule has 0 bridgehead atoms. The van der Waals surface area contributed by atoms with Crippen LogP contribution in [-0.4, -0.2) is 10.9 Å². The van der Waals surface area contributed by atoms with E-state index in [4.69, 9.17) is 5.73 Å². The van der Waals surface area contributed by atoms with Gasteiger partial charge in [0.1, 0.15) is 11.9 Å². The molecule has 136 valence electrons. The molecule has 5 heteroatoms. The third-order valence-corrected chi connectivity index (χ3v) is 3.95. The molecule has 0 saturated heterocycles. The Labute approximate surface area is 158 Å². The van der Waals surface area contributed by atoms with Gasteiger partial charge in [0.2, 0.25) is 5.91 Å².